The van der Waals surface area contributed by atoms with Gasteiger partial charge in [-0.25, -0.2) is 4.79 Å². The summed E-state index contributed by atoms with van der Waals surface area (Å²) in [4.78, 5) is 12.1. The van der Waals surface area contributed by atoms with Crippen molar-refractivity contribution in [2.45, 2.75) is 70.4 Å². The van der Waals surface area contributed by atoms with Crippen LogP contribution in [0.1, 0.15) is 57.4 Å². The van der Waals surface area contributed by atoms with Crippen molar-refractivity contribution in [3.05, 3.63) is 29.8 Å². The van der Waals surface area contributed by atoms with Gasteiger partial charge in [-0.15, -0.1) is 0 Å². The first-order chi connectivity index (χ1) is 11.2. The summed E-state index contributed by atoms with van der Waals surface area (Å²) < 4.78 is 5.16. The van der Waals surface area contributed by atoms with Crippen molar-refractivity contribution in [1.82, 2.24) is 10.6 Å². The van der Waals surface area contributed by atoms with Gasteiger partial charge in [0.1, 0.15) is 5.75 Å². The van der Waals surface area contributed by atoms with Gasteiger partial charge in [-0.1, -0.05) is 37.8 Å². The molecule has 1 aliphatic rings. The molecule has 0 radical (unpaired) electrons. The van der Waals surface area contributed by atoms with Crippen molar-refractivity contribution in [2.75, 3.05) is 7.11 Å². The van der Waals surface area contributed by atoms with Crippen molar-refractivity contribution in [3.8, 4) is 5.75 Å². The lowest BCUT2D eigenvalue weighted by atomic mass is 10.1. The Bertz CT molecular complexity index is 465. The zero-order chi connectivity index (χ0) is 16.5. The van der Waals surface area contributed by atoms with Gasteiger partial charge in [-0.2, -0.15) is 0 Å². The summed E-state index contributed by atoms with van der Waals surface area (Å²) in [6.07, 6.45) is 9.20. The van der Waals surface area contributed by atoms with Gasteiger partial charge in [0.2, 0.25) is 0 Å². The van der Waals surface area contributed by atoms with Crippen LogP contribution in [0.3, 0.4) is 0 Å². The number of aryl methyl sites for hydroxylation is 1. The predicted octanol–water partition coefficient (Wildman–Crippen LogP) is 4.04. The number of amides is 2. The minimum absolute atomic E-state index is 0.0147. The summed E-state index contributed by atoms with van der Waals surface area (Å²) in [5.41, 5.74) is 1.27. The van der Waals surface area contributed by atoms with Crippen LogP contribution in [0.25, 0.3) is 0 Å². The van der Waals surface area contributed by atoms with Gasteiger partial charge in [0, 0.05) is 12.1 Å². The minimum Gasteiger partial charge on any atom is -0.497 e. The molecule has 1 unspecified atom stereocenters. The molecule has 0 bridgehead atoms. The van der Waals surface area contributed by atoms with E-state index in [4.69, 9.17) is 4.74 Å². The molecule has 1 aliphatic carbocycles. The first-order valence-corrected chi connectivity index (χ1v) is 8.87. The number of carbonyl (C=O) groups is 1. The molecule has 128 valence electrons. The fourth-order valence-corrected chi connectivity index (χ4v) is 3.12. The summed E-state index contributed by atoms with van der Waals surface area (Å²) in [6, 6.07) is 8.63. The highest BCUT2D eigenvalue weighted by molar-refractivity contribution is 5.74. The lowest BCUT2D eigenvalue weighted by molar-refractivity contribution is 0.232. The van der Waals surface area contributed by atoms with Gasteiger partial charge < -0.3 is 15.4 Å². The summed E-state index contributed by atoms with van der Waals surface area (Å²) in [7, 11) is 1.67. The molecule has 4 heteroatoms. The first kappa shape index (κ1) is 17.6. The van der Waals surface area contributed by atoms with Gasteiger partial charge in [-0.3, -0.25) is 0 Å². The molecule has 1 aromatic carbocycles. The Morgan fingerprint density at radius 1 is 1.17 bits per heavy atom. The molecule has 1 aromatic rings. The monoisotopic (exact) mass is 318 g/mol. The molecule has 0 spiro atoms. The Hall–Kier alpha value is -1.71. The van der Waals surface area contributed by atoms with Crippen molar-refractivity contribution in [2.24, 2.45) is 0 Å². The number of nitrogens with one attached hydrogen (secondary N) is 2. The average Bonchev–Trinajstić information content (AvgIpc) is 2.82. The molecule has 4 nitrogen and oxygen atoms in total. The molecular formula is C19H30N2O2. The lowest BCUT2D eigenvalue weighted by Gasteiger charge is -2.19. The standard InChI is InChI=1S/C19H30N2O2/c1-15(9-10-16-11-13-18(23-2)14-12-16)20-19(22)21-17-7-5-3-4-6-8-17/h11-15,17H,3-10H2,1-2H3,(H2,20,21,22). The molecule has 0 heterocycles. The fraction of sp³-hybridized carbons (Fsp3) is 0.632. The van der Waals surface area contributed by atoms with Crippen LogP contribution in [-0.2, 0) is 6.42 Å². The molecule has 0 aliphatic heterocycles. The average molecular weight is 318 g/mol. The summed E-state index contributed by atoms with van der Waals surface area (Å²) in [5.74, 6) is 0.878. The van der Waals surface area contributed by atoms with E-state index in [1.54, 1.807) is 7.11 Å². The molecule has 0 saturated heterocycles. The SMILES string of the molecule is COc1ccc(CCC(C)NC(=O)NC2CCCCCC2)cc1. The predicted molar refractivity (Wildman–Crippen MR) is 93.9 cm³/mol. The fourth-order valence-electron chi connectivity index (χ4n) is 3.12. The van der Waals surface area contributed by atoms with Crippen LogP contribution in [-0.4, -0.2) is 25.2 Å². The number of ether oxygens (including phenoxy) is 1. The maximum atomic E-state index is 12.1. The van der Waals surface area contributed by atoms with Crippen LogP contribution in [0, 0.1) is 0 Å². The molecule has 0 aromatic heterocycles. The van der Waals surface area contributed by atoms with Crippen molar-refractivity contribution >= 4 is 6.03 Å². The van der Waals surface area contributed by atoms with Crippen molar-refractivity contribution in [3.63, 3.8) is 0 Å². The number of urea groups is 1. The topological polar surface area (TPSA) is 50.4 Å². The van der Waals surface area contributed by atoms with Crippen LogP contribution in [0.2, 0.25) is 0 Å². The van der Waals surface area contributed by atoms with Gasteiger partial charge >= 0.3 is 6.03 Å². The van der Waals surface area contributed by atoms with Crippen LogP contribution in [0.15, 0.2) is 24.3 Å². The zero-order valence-electron chi connectivity index (χ0n) is 14.4. The van der Waals surface area contributed by atoms with Gasteiger partial charge in [-0.05, 0) is 50.3 Å². The van der Waals surface area contributed by atoms with E-state index in [2.05, 4.69) is 29.7 Å². The second-order valence-electron chi connectivity index (χ2n) is 6.59. The zero-order valence-corrected chi connectivity index (χ0v) is 14.4. The summed E-state index contributed by atoms with van der Waals surface area (Å²) in [5, 5.41) is 6.20. The quantitative estimate of drug-likeness (QED) is 0.778. The van der Waals surface area contributed by atoms with E-state index in [0.29, 0.717) is 6.04 Å². The van der Waals surface area contributed by atoms with E-state index in [0.717, 1.165) is 31.4 Å². The number of hydrogen-bond donors (Lipinski definition) is 2. The molecule has 2 rings (SSSR count). The molecule has 2 amide bonds. The van der Waals surface area contributed by atoms with Crippen LogP contribution < -0.4 is 15.4 Å². The molecule has 1 fully saturated rings. The van der Waals surface area contributed by atoms with E-state index in [9.17, 15) is 4.79 Å². The summed E-state index contributed by atoms with van der Waals surface area (Å²) >= 11 is 0. The molecule has 2 N–H and O–H groups in total. The number of methoxy groups -OCH3 is 1. The van der Waals surface area contributed by atoms with E-state index in [1.165, 1.54) is 31.2 Å². The third-order valence-corrected chi connectivity index (χ3v) is 4.59. The second-order valence-corrected chi connectivity index (χ2v) is 6.59. The van der Waals surface area contributed by atoms with Crippen LogP contribution >= 0.6 is 0 Å². The molecule has 23 heavy (non-hydrogen) atoms. The Morgan fingerprint density at radius 3 is 2.43 bits per heavy atom. The third kappa shape index (κ3) is 6.51. The normalized spacial score (nSPS) is 17.1. The van der Waals surface area contributed by atoms with Gasteiger partial charge in [0.15, 0.2) is 0 Å². The molecule has 1 atom stereocenters. The minimum atomic E-state index is -0.0147. The maximum absolute atomic E-state index is 12.1. The smallest absolute Gasteiger partial charge is 0.315 e. The first-order valence-electron chi connectivity index (χ1n) is 8.87. The Balaban J connectivity index is 1.68. The molecule has 1 saturated carbocycles. The number of rotatable bonds is 6. The molecular weight excluding hydrogens is 288 g/mol. The summed E-state index contributed by atoms with van der Waals surface area (Å²) in [6.45, 7) is 2.07. The Labute approximate surface area is 140 Å². The Kier molecular flexibility index (Phi) is 7.24. The van der Waals surface area contributed by atoms with E-state index in [-0.39, 0.29) is 12.1 Å². The number of benzene rings is 1. The highest BCUT2D eigenvalue weighted by atomic mass is 16.5. The lowest BCUT2D eigenvalue weighted by Crippen LogP contribution is -2.45. The van der Waals surface area contributed by atoms with Crippen LogP contribution in [0.4, 0.5) is 4.79 Å². The van der Waals surface area contributed by atoms with E-state index < -0.39 is 0 Å². The largest absolute Gasteiger partial charge is 0.497 e. The Morgan fingerprint density at radius 2 is 1.83 bits per heavy atom. The highest BCUT2D eigenvalue weighted by Crippen LogP contribution is 2.17. The van der Waals surface area contributed by atoms with Crippen molar-refractivity contribution in [1.29, 1.82) is 0 Å². The second kappa shape index (κ2) is 9.43. The van der Waals surface area contributed by atoms with E-state index in [1.807, 2.05) is 12.1 Å². The maximum Gasteiger partial charge on any atom is 0.315 e. The van der Waals surface area contributed by atoms with Crippen LogP contribution in [0.5, 0.6) is 5.75 Å². The van der Waals surface area contributed by atoms with Crippen molar-refractivity contribution < 1.29 is 9.53 Å². The van der Waals surface area contributed by atoms with E-state index >= 15 is 0 Å². The highest BCUT2D eigenvalue weighted by Gasteiger charge is 2.15. The van der Waals surface area contributed by atoms with Gasteiger partial charge in [0.05, 0.1) is 7.11 Å². The third-order valence-electron chi connectivity index (χ3n) is 4.59. The van der Waals surface area contributed by atoms with Gasteiger partial charge in [0.25, 0.3) is 0 Å². The number of hydrogen-bond acceptors (Lipinski definition) is 2. The number of carbonyl (C=O) groups excluding carboxylic acids is 1.